The first kappa shape index (κ1) is 18.6. The van der Waals surface area contributed by atoms with Gasteiger partial charge in [0, 0.05) is 41.2 Å². The van der Waals surface area contributed by atoms with Crippen molar-refractivity contribution in [3.05, 3.63) is 91.8 Å². The first-order valence-corrected chi connectivity index (χ1v) is 9.65. The fourth-order valence-electron chi connectivity index (χ4n) is 3.33. The number of carbonyl (C=O) groups excluding carboxylic acids is 1. The third-order valence-electron chi connectivity index (χ3n) is 4.78. The molecule has 5 rings (SSSR count). The number of carbonyl (C=O) groups is 1. The second-order valence-corrected chi connectivity index (χ2v) is 6.87. The smallest absolute Gasteiger partial charge is 0.247 e. The molecule has 0 radical (unpaired) electrons. The van der Waals surface area contributed by atoms with Crippen LogP contribution in [-0.4, -0.2) is 15.9 Å². The number of nitrogens with one attached hydrogen (secondary N) is 1. The minimum Gasteiger partial charge on any atom is -0.453 e. The van der Waals surface area contributed by atoms with Crippen molar-refractivity contribution in [1.82, 2.24) is 9.97 Å². The largest absolute Gasteiger partial charge is 0.453 e. The van der Waals surface area contributed by atoms with Gasteiger partial charge in [0.05, 0.1) is 5.52 Å². The standard InChI is InChI=1S/C25H17N3O3/c1-2-24(29)28-18-7-3-5-17(13-18)23-15-21-25(31-23)22(10-12-27-21)30-19-8-9-20-16(14-19)6-4-11-26-20/h2-15H,1H2,(H,28,29). The van der Waals surface area contributed by atoms with Gasteiger partial charge in [0.15, 0.2) is 11.3 Å². The van der Waals surface area contributed by atoms with Crippen LogP contribution < -0.4 is 10.1 Å². The third kappa shape index (κ3) is 3.74. The van der Waals surface area contributed by atoms with Crippen LogP contribution in [0, 0.1) is 0 Å². The number of aromatic nitrogens is 2. The summed E-state index contributed by atoms with van der Waals surface area (Å²) in [6, 6.07) is 20.6. The van der Waals surface area contributed by atoms with Gasteiger partial charge in [-0.3, -0.25) is 14.8 Å². The lowest BCUT2D eigenvalue weighted by Gasteiger charge is -2.07. The van der Waals surface area contributed by atoms with E-state index in [1.807, 2.05) is 54.6 Å². The monoisotopic (exact) mass is 407 g/mol. The Hall–Kier alpha value is -4.45. The maximum atomic E-state index is 11.6. The molecule has 1 amide bonds. The van der Waals surface area contributed by atoms with E-state index in [0.717, 1.165) is 16.5 Å². The van der Waals surface area contributed by atoms with E-state index in [2.05, 4.69) is 21.9 Å². The van der Waals surface area contributed by atoms with Crippen LogP contribution in [0.1, 0.15) is 0 Å². The molecule has 0 aliphatic rings. The zero-order valence-electron chi connectivity index (χ0n) is 16.4. The van der Waals surface area contributed by atoms with E-state index in [9.17, 15) is 4.79 Å². The summed E-state index contributed by atoms with van der Waals surface area (Å²) in [5.41, 5.74) is 3.58. The molecule has 0 unspecified atom stereocenters. The lowest BCUT2D eigenvalue weighted by Crippen LogP contribution is -2.06. The van der Waals surface area contributed by atoms with Gasteiger partial charge in [-0.25, -0.2) is 0 Å². The Morgan fingerprint density at radius 1 is 0.968 bits per heavy atom. The van der Waals surface area contributed by atoms with Crippen molar-refractivity contribution >= 4 is 33.6 Å². The van der Waals surface area contributed by atoms with Crippen LogP contribution in [0.15, 0.2) is 96.2 Å². The van der Waals surface area contributed by atoms with Crippen LogP contribution >= 0.6 is 0 Å². The van der Waals surface area contributed by atoms with Crippen molar-refractivity contribution in [2.75, 3.05) is 5.32 Å². The Bertz CT molecular complexity index is 1440. The van der Waals surface area contributed by atoms with Crippen molar-refractivity contribution in [1.29, 1.82) is 0 Å². The van der Waals surface area contributed by atoms with E-state index in [1.165, 1.54) is 6.08 Å². The van der Waals surface area contributed by atoms with Gasteiger partial charge in [-0.15, -0.1) is 0 Å². The van der Waals surface area contributed by atoms with Crippen LogP contribution in [0.5, 0.6) is 11.5 Å². The normalized spacial score (nSPS) is 10.8. The van der Waals surface area contributed by atoms with Crippen LogP contribution in [0.4, 0.5) is 5.69 Å². The molecule has 5 aromatic rings. The predicted molar refractivity (Wildman–Crippen MR) is 120 cm³/mol. The van der Waals surface area contributed by atoms with Gasteiger partial charge >= 0.3 is 0 Å². The Morgan fingerprint density at radius 2 is 1.87 bits per heavy atom. The molecule has 0 atom stereocenters. The number of hydrogen-bond donors (Lipinski definition) is 1. The van der Waals surface area contributed by atoms with Crippen molar-refractivity contribution in [2.24, 2.45) is 0 Å². The molecule has 2 aromatic carbocycles. The summed E-state index contributed by atoms with van der Waals surface area (Å²) < 4.78 is 12.2. The highest BCUT2D eigenvalue weighted by molar-refractivity contribution is 5.99. The molecular weight excluding hydrogens is 390 g/mol. The van der Waals surface area contributed by atoms with Crippen molar-refractivity contribution in [2.45, 2.75) is 0 Å². The van der Waals surface area contributed by atoms with E-state index in [0.29, 0.717) is 34.0 Å². The number of amides is 1. The van der Waals surface area contributed by atoms with Gasteiger partial charge < -0.3 is 14.5 Å². The molecule has 0 fully saturated rings. The molecule has 6 heteroatoms. The Labute approximate surface area is 177 Å². The SMILES string of the molecule is C=CC(=O)Nc1cccc(-c2cc3nccc(Oc4ccc5ncccc5c4)c3o2)c1. The zero-order chi connectivity index (χ0) is 21.2. The van der Waals surface area contributed by atoms with E-state index >= 15 is 0 Å². The Balaban J connectivity index is 1.49. The molecular formula is C25H17N3O3. The first-order valence-electron chi connectivity index (χ1n) is 9.65. The summed E-state index contributed by atoms with van der Waals surface area (Å²) >= 11 is 0. The van der Waals surface area contributed by atoms with Gasteiger partial charge in [0.25, 0.3) is 0 Å². The number of ether oxygens (including phenoxy) is 1. The fourth-order valence-corrected chi connectivity index (χ4v) is 3.33. The molecule has 0 aliphatic heterocycles. The zero-order valence-corrected chi connectivity index (χ0v) is 16.4. The second kappa shape index (κ2) is 7.76. The average molecular weight is 407 g/mol. The summed E-state index contributed by atoms with van der Waals surface area (Å²) in [6.45, 7) is 3.47. The van der Waals surface area contributed by atoms with Crippen LogP contribution in [-0.2, 0) is 4.79 Å². The summed E-state index contributed by atoms with van der Waals surface area (Å²) in [5.74, 6) is 1.59. The minimum absolute atomic E-state index is 0.273. The number of nitrogens with zero attached hydrogens (tertiary/aromatic N) is 2. The summed E-state index contributed by atoms with van der Waals surface area (Å²) in [4.78, 5) is 20.3. The molecule has 6 nitrogen and oxygen atoms in total. The highest BCUT2D eigenvalue weighted by atomic mass is 16.5. The van der Waals surface area contributed by atoms with E-state index in [-0.39, 0.29) is 5.91 Å². The lowest BCUT2D eigenvalue weighted by atomic mass is 10.1. The highest BCUT2D eigenvalue weighted by Gasteiger charge is 2.13. The molecule has 3 heterocycles. The van der Waals surface area contributed by atoms with Crippen LogP contribution in [0.25, 0.3) is 33.3 Å². The van der Waals surface area contributed by atoms with E-state index < -0.39 is 0 Å². The number of hydrogen-bond acceptors (Lipinski definition) is 5. The second-order valence-electron chi connectivity index (χ2n) is 6.87. The van der Waals surface area contributed by atoms with Crippen molar-refractivity contribution in [3.63, 3.8) is 0 Å². The van der Waals surface area contributed by atoms with Gasteiger partial charge in [-0.1, -0.05) is 24.8 Å². The topological polar surface area (TPSA) is 77.2 Å². The maximum absolute atomic E-state index is 11.6. The highest BCUT2D eigenvalue weighted by Crippen LogP contribution is 2.35. The van der Waals surface area contributed by atoms with Gasteiger partial charge in [-0.05, 0) is 42.5 Å². The summed E-state index contributed by atoms with van der Waals surface area (Å²) in [5, 5.41) is 3.74. The number of rotatable bonds is 5. The summed E-state index contributed by atoms with van der Waals surface area (Å²) in [6.07, 6.45) is 4.67. The molecule has 0 saturated carbocycles. The third-order valence-corrected chi connectivity index (χ3v) is 4.78. The lowest BCUT2D eigenvalue weighted by molar-refractivity contribution is -0.111. The summed E-state index contributed by atoms with van der Waals surface area (Å²) in [7, 11) is 0. The number of anilines is 1. The average Bonchev–Trinajstić information content (AvgIpc) is 3.25. The van der Waals surface area contributed by atoms with Gasteiger partial charge in [0.2, 0.25) is 5.91 Å². The van der Waals surface area contributed by atoms with E-state index in [1.54, 1.807) is 24.5 Å². The predicted octanol–water partition coefficient (Wildman–Crippen LogP) is 5.96. The fraction of sp³-hybridized carbons (Fsp3) is 0. The number of fused-ring (bicyclic) bond motifs is 2. The number of benzene rings is 2. The molecule has 150 valence electrons. The van der Waals surface area contributed by atoms with Crippen molar-refractivity contribution < 1.29 is 13.9 Å². The van der Waals surface area contributed by atoms with Gasteiger partial charge in [-0.2, -0.15) is 0 Å². The first-order chi connectivity index (χ1) is 15.2. The quantitative estimate of drug-likeness (QED) is 0.364. The number of pyridine rings is 2. The van der Waals surface area contributed by atoms with E-state index in [4.69, 9.17) is 9.15 Å². The van der Waals surface area contributed by atoms with Crippen LogP contribution in [0.2, 0.25) is 0 Å². The molecule has 0 saturated heterocycles. The molecule has 0 spiro atoms. The molecule has 0 bridgehead atoms. The maximum Gasteiger partial charge on any atom is 0.247 e. The molecule has 3 aromatic heterocycles. The Kier molecular flexibility index (Phi) is 4.65. The number of furan rings is 1. The molecule has 1 N–H and O–H groups in total. The molecule has 0 aliphatic carbocycles. The molecule has 31 heavy (non-hydrogen) atoms. The minimum atomic E-state index is -0.273. The van der Waals surface area contributed by atoms with Crippen molar-refractivity contribution in [3.8, 4) is 22.8 Å². The Morgan fingerprint density at radius 3 is 2.77 bits per heavy atom. The van der Waals surface area contributed by atoms with Crippen LogP contribution in [0.3, 0.4) is 0 Å². The van der Waals surface area contributed by atoms with Gasteiger partial charge in [0.1, 0.15) is 17.0 Å².